The number of ether oxygens (including phenoxy) is 2. The van der Waals surface area contributed by atoms with Crippen LogP contribution in [0.3, 0.4) is 0 Å². The predicted octanol–water partition coefficient (Wildman–Crippen LogP) is 1.62. The molecule has 130 valence electrons. The number of hydrogen-bond donors (Lipinski definition) is 0. The SMILES string of the molecule is FC(F)(F)c1ccn(Cc2nnc3n2CCC2(CC3)OCCO2)n1. The number of fused-ring (bicyclic) bond motifs is 1. The fraction of sp³-hybridized carbons (Fsp3) is 0.643. The summed E-state index contributed by atoms with van der Waals surface area (Å²) in [7, 11) is 0. The highest BCUT2D eigenvalue weighted by atomic mass is 19.4. The van der Waals surface area contributed by atoms with Crippen molar-refractivity contribution in [3.05, 3.63) is 29.6 Å². The molecule has 2 aromatic heterocycles. The van der Waals surface area contributed by atoms with Crippen LogP contribution in [0.25, 0.3) is 0 Å². The molecule has 1 fully saturated rings. The van der Waals surface area contributed by atoms with Crippen LogP contribution >= 0.6 is 0 Å². The van der Waals surface area contributed by atoms with Crippen molar-refractivity contribution in [3.8, 4) is 0 Å². The third-order valence-corrected chi connectivity index (χ3v) is 4.40. The Morgan fingerprint density at radius 2 is 1.96 bits per heavy atom. The molecular formula is C14H16F3N5O2. The molecule has 0 amide bonds. The van der Waals surface area contributed by atoms with Crippen LogP contribution in [-0.2, 0) is 35.2 Å². The van der Waals surface area contributed by atoms with Gasteiger partial charge in [0.05, 0.1) is 13.2 Å². The summed E-state index contributed by atoms with van der Waals surface area (Å²) in [5, 5.41) is 11.8. The molecule has 4 rings (SSSR count). The van der Waals surface area contributed by atoms with Crippen molar-refractivity contribution in [2.24, 2.45) is 0 Å². The molecule has 0 aromatic carbocycles. The fourth-order valence-corrected chi connectivity index (χ4v) is 3.17. The minimum absolute atomic E-state index is 0.137. The maximum absolute atomic E-state index is 12.6. The first kappa shape index (κ1) is 15.6. The first-order valence-electron chi connectivity index (χ1n) is 7.75. The molecule has 0 radical (unpaired) electrons. The number of aryl methyl sites for hydroxylation is 1. The smallest absolute Gasteiger partial charge is 0.347 e. The van der Waals surface area contributed by atoms with Gasteiger partial charge in [0.1, 0.15) is 12.4 Å². The number of alkyl halides is 3. The van der Waals surface area contributed by atoms with Gasteiger partial charge in [-0.2, -0.15) is 18.3 Å². The summed E-state index contributed by atoms with van der Waals surface area (Å²) in [6, 6.07) is 0.953. The summed E-state index contributed by atoms with van der Waals surface area (Å²) in [5.74, 6) is 0.814. The Labute approximate surface area is 135 Å². The molecular weight excluding hydrogens is 327 g/mol. The van der Waals surface area contributed by atoms with Gasteiger partial charge >= 0.3 is 6.18 Å². The molecule has 0 aliphatic carbocycles. The Morgan fingerprint density at radius 1 is 1.17 bits per heavy atom. The highest BCUT2D eigenvalue weighted by Gasteiger charge is 2.39. The molecule has 1 spiro atoms. The van der Waals surface area contributed by atoms with E-state index in [2.05, 4.69) is 15.3 Å². The Hall–Kier alpha value is -1.94. The van der Waals surface area contributed by atoms with Gasteiger partial charge < -0.3 is 14.0 Å². The van der Waals surface area contributed by atoms with Crippen LogP contribution in [-0.4, -0.2) is 43.5 Å². The van der Waals surface area contributed by atoms with Gasteiger partial charge in [-0.3, -0.25) is 4.68 Å². The zero-order valence-corrected chi connectivity index (χ0v) is 12.8. The highest BCUT2D eigenvalue weighted by Crippen LogP contribution is 2.32. The highest BCUT2D eigenvalue weighted by molar-refractivity contribution is 5.05. The second kappa shape index (κ2) is 5.55. The lowest BCUT2D eigenvalue weighted by atomic mass is 10.1. The van der Waals surface area contributed by atoms with Crippen LogP contribution in [0.15, 0.2) is 12.3 Å². The first-order chi connectivity index (χ1) is 11.5. The number of halogens is 3. The van der Waals surface area contributed by atoms with E-state index >= 15 is 0 Å². The van der Waals surface area contributed by atoms with Crippen molar-refractivity contribution in [1.82, 2.24) is 24.5 Å². The lowest BCUT2D eigenvalue weighted by Gasteiger charge is -2.25. The molecule has 1 saturated heterocycles. The van der Waals surface area contributed by atoms with E-state index in [1.54, 1.807) is 0 Å². The van der Waals surface area contributed by atoms with E-state index < -0.39 is 17.7 Å². The van der Waals surface area contributed by atoms with Crippen molar-refractivity contribution in [2.45, 2.75) is 44.3 Å². The van der Waals surface area contributed by atoms with Crippen molar-refractivity contribution < 1.29 is 22.6 Å². The minimum Gasteiger partial charge on any atom is -0.347 e. The summed E-state index contributed by atoms with van der Waals surface area (Å²) >= 11 is 0. The van der Waals surface area contributed by atoms with Gasteiger partial charge in [0, 0.05) is 32.0 Å². The van der Waals surface area contributed by atoms with Crippen LogP contribution in [0.1, 0.15) is 30.2 Å². The molecule has 2 aliphatic heterocycles. The van der Waals surface area contributed by atoms with Gasteiger partial charge in [-0.15, -0.1) is 10.2 Å². The van der Waals surface area contributed by atoms with Gasteiger partial charge in [-0.1, -0.05) is 0 Å². The van der Waals surface area contributed by atoms with E-state index in [0.717, 1.165) is 11.9 Å². The Balaban J connectivity index is 1.52. The molecule has 2 aromatic rings. The molecule has 0 unspecified atom stereocenters. The quantitative estimate of drug-likeness (QED) is 0.829. The van der Waals surface area contributed by atoms with E-state index in [4.69, 9.17) is 9.47 Å². The molecule has 0 N–H and O–H groups in total. The number of hydrogen-bond acceptors (Lipinski definition) is 5. The van der Waals surface area contributed by atoms with Gasteiger partial charge in [0.25, 0.3) is 0 Å². The van der Waals surface area contributed by atoms with Crippen LogP contribution in [0.5, 0.6) is 0 Å². The normalized spacial score (nSPS) is 20.3. The van der Waals surface area contributed by atoms with E-state index in [1.807, 2.05) is 4.57 Å². The van der Waals surface area contributed by atoms with Crippen LogP contribution < -0.4 is 0 Å². The van der Waals surface area contributed by atoms with Gasteiger partial charge in [-0.05, 0) is 6.07 Å². The Morgan fingerprint density at radius 3 is 2.67 bits per heavy atom. The first-order valence-corrected chi connectivity index (χ1v) is 7.75. The van der Waals surface area contributed by atoms with Gasteiger partial charge in [0.15, 0.2) is 17.3 Å². The Bertz CT molecular complexity index is 733. The van der Waals surface area contributed by atoms with E-state index in [0.29, 0.717) is 44.8 Å². The summed E-state index contributed by atoms with van der Waals surface area (Å²) in [6.07, 6.45) is -1.13. The van der Waals surface area contributed by atoms with Gasteiger partial charge in [0.2, 0.25) is 0 Å². The molecule has 0 bridgehead atoms. The largest absolute Gasteiger partial charge is 0.435 e. The number of rotatable bonds is 2. The summed E-state index contributed by atoms with van der Waals surface area (Å²) in [4.78, 5) is 0. The van der Waals surface area contributed by atoms with E-state index in [9.17, 15) is 13.2 Å². The van der Waals surface area contributed by atoms with Gasteiger partial charge in [-0.25, -0.2) is 0 Å². The third-order valence-electron chi connectivity index (χ3n) is 4.40. The summed E-state index contributed by atoms with van der Waals surface area (Å²) in [6.45, 7) is 1.91. The molecule has 24 heavy (non-hydrogen) atoms. The average Bonchev–Trinajstić information content (AvgIpc) is 3.21. The second-order valence-corrected chi connectivity index (χ2v) is 5.94. The molecule has 0 saturated carbocycles. The standard InChI is InChI=1S/C14H16F3N5O2/c15-14(16,17)10-2-5-21(20-10)9-12-19-18-11-1-3-13(4-6-22(11)12)23-7-8-24-13/h2,5H,1,3-4,6-9H2. The molecule has 0 atom stereocenters. The molecule has 2 aliphatic rings. The van der Waals surface area contributed by atoms with Crippen LogP contribution in [0, 0.1) is 0 Å². The lowest BCUT2D eigenvalue weighted by molar-refractivity contribution is -0.166. The van der Waals surface area contributed by atoms with E-state index in [1.165, 1.54) is 10.9 Å². The van der Waals surface area contributed by atoms with Crippen molar-refractivity contribution in [1.29, 1.82) is 0 Å². The lowest BCUT2D eigenvalue weighted by Crippen LogP contribution is -2.30. The third kappa shape index (κ3) is 2.80. The molecule has 10 heteroatoms. The topological polar surface area (TPSA) is 67.0 Å². The maximum atomic E-state index is 12.6. The predicted molar refractivity (Wildman–Crippen MR) is 73.9 cm³/mol. The Kier molecular flexibility index (Phi) is 3.61. The van der Waals surface area contributed by atoms with Crippen LogP contribution in [0.4, 0.5) is 13.2 Å². The van der Waals surface area contributed by atoms with Crippen molar-refractivity contribution >= 4 is 0 Å². The van der Waals surface area contributed by atoms with Crippen molar-refractivity contribution in [3.63, 3.8) is 0 Å². The molecule has 7 nitrogen and oxygen atoms in total. The monoisotopic (exact) mass is 343 g/mol. The molecule has 4 heterocycles. The second-order valence-electron chi connectivity index (χ2n) is 5.94. The van der Waals surface area contributed by atoms with E-state index in [-0.39, 0.29) is 6.54 Å². The number of aromatic nitrogens is 5. The summed E-state index contributed by atoms with van der Waals surface area (Å²) in [5.41, 5.74) is -0.912. The minimum atomic E-state index is -4.45. The maximum Gasteiger partial charge on any atom is 0.435 e. The van der Waals surface area contributed by atoms with Crippen LogP contribution in [0.2, 0.25) is 0 Å². The van der Waals surface area contributed by atoms with Crippen molar-refractivity contribution in [2.75, 3.05) is 13.2 Å². The average molecular weight is 343 g/mol. The number of nitrogens with zero attached hydrogens (tertiary/aromatic N) is 5. The zero-order valence-electron chi connectivity index (χ0n) is 12.8. The summed E-state index contributed by atoms with van der Waals surface area (Å²) < 4.78 is 52.5. The zero-order chi connectivity index (χ0) is 16.8. The fourth-order valence-electron chi connectivity index (χ4n) is 3.17.